The predicted octanol–water partition coefficient (Wildman–Crippen LogP) is 4.85. The molecule has 0 aliphatic rings. The van der Waals surface area contributed by atoms with Crippen molar-refractivity contribution in [3.8, 4) is 0 Å². The summed E-state index contributed by atoms with van der Waals surface area (Å²) in [5.74, 6) is -0.194. The summed E-state index contributed by atoms with van der Waals surface area (Å²) in [4.78, 5) is 30.3. The van der Waals surface area contributed by atoms with Gasteiger partial charge in [0, 0.05) is 28.1 Å². The molecule has 2 aromatic heterocycles. The second-order valence-corrected chi connectivity index (χ2v) is 8.19. The summed E-state index contributed by atoms with van der Waals surface area (Å²) in [6.45, 7) is 2.92. The number of hydrogen-bond acceptors (Lipinski definition) is 6. The fourth-order valence-corrected chi connectivity index (χ4v) is 5.03. The molecule has 2 heterocycles. The Labute approximate surface area is 187 Å². The van der Waals surface area contributed by atoms with Gasteiger partial charge in [0.1, 0.15) is 5.82 Å². The van der Waals surface area contributed by atoms with Gasteiger partial charge in [-0.1, -0.05) is 18.2 Å². The molecule has 0 radical (unpaired) electrons. The van der Waals surface area contributed by atoms with Gasteiger partial charge >= 0.3 is 0 Å². The smallest absolute Gasteiger partial charge is 0.267 e. The van der Waals surface area contributed by atoms with Crippen molar-refractivity contribution in [1.82, 2.24) is 4.98 Å². The maximum absolute atomic E-state index is 13.2. The number of carbonyl (C=O) groups excluding carboxylic acids is 2. The van der Waals surface area contributed by atoms with Gasteiger partial charge in [0.15, 0.2) is 5.78 Å². The lowest BCUT2D eigenvalue weighted by Gasteiger charge is -2.08. The minimum absolute atomic E-state index is 0.113. The van der Waals surface area contributed by atoms with Crippen molar-refractivity contribution in [2.45, 2.75) is 27.1 Å². The number of rotatable bonds is 6. The van der Waals surface area contributed by atoms with Crippen LogP contribution in [0.3, 0.4) is 0 Å². The number of benzene rings is 2. The van der Waals surface area contributed by atoms with E-state index in [1.165, 1.54) is 18.3 Å². The van der Waals surface area contributed by atoms with E-state index in [0.29, 0.717) is 43.0 Å². The van der Waals surface area contributed by atoms with Crippen LogP contribution in [0, 0.1) is 6.92 Å². The normalized spacial score (nSPS) is 13.1. The molecule has 158 valence electrons. The molecule has 0 fully saturated rings. The molecule has 0 aliphatic carbocycles. The number of methoxy groups -OCH3 is 1. The van der Waals surface area contributed by atoms with Gasteiger partial charge in [0.2, 0.25) is 0 Å². The van der Waals surface area contributed by atoms with E-state index in [9.17, 15) is 14.7 Å². The predicted molar refractivity (Wildman–Crippen MR) is 123 cm³/mol. The lowest BCUT2D eigenvalue weighted by molar-refractivity contribution is 0.101. The van der Waals surface area contributed by atoms with Gasteiger partial charge in [-0.05, 0) is 54.8 Å². The maximum atomic E-state index is 13.2. The zero-order chi connectivity index (χ0) is 24.6. The third kappa shape index (κ3) is 3.83. The maximum Gasteiger partial charge on any atom is 0.267 e. The summed E-state index contributed by atoms with van der Waals surface area (Å²) in [6.07, 6.45) is 0. The van der Waals surface area contributed by atoms with Crippen LogP contribution in [0.2, 0.25) is 0 Å². The topological polar surface area (TPSA) is 88.5 Å². The number of hydrogen-bond donors (Lipinski definition) is 2. The molecule has 7 heteroatoms. The van der Waals surface area contributed by atoms with Crippen LogP contribution in [-0.4, -0.2) is 28.8 Å². The standard InChI is InChI=1S/C24H22N2O4S/c1-13-21-16(12-30-3)7-8-17(14(2)28)23(21)31-22(13)24(29)26-20-10-9-18-15(11-27)5-4-6-19(18)25-20/h4-10,27H,11-12H2,1-3H3,(H,25,26,29)/i3D3. The molecule has 1 amide bonds. The average Bonchev–Trinajstić information content (AvgIpc) is 3.13. The Balaban J connectivity index is 1.73. The summed E-state index contributed by atoms with van der Waals surface area (Å²) in [5.41, 5.74) is 3.06. The Morgan fingerprint density at radius 3 is 2.77 bits per heavy atom. The first-order valence-corrected chi connectivity index (χ1v) is 10.4. The van der Waals surface area contributed by atoms with Crippen molar-refractivity contribution in [1.29, 1.82) is 0 Å². The number of ether oxygens (including phenoxy) is 1. The van der Waals surface area contributed by atoms with Crippen LogP contribution < -0.4 is 5.32 Å². The Morgan fingerprint density at radius 2 is 2.03 bits per heavy atom. The third-order valence-corrected chi connectivity index (χ3v) is 6.53. The van der Waals surface area contributed by atoms with Crippen LogP contribution in [0.4, 0.5) is 5.82 Å². The molecule has 31 heavy (non-hydrogen) atoms. The molecule has 4 rings (SSSR count). The Kier molecular flexibility index (Phi) is 4.84. The zero-order valence-corrected chi connectivity index (χ0v) is 17.8. The molecule has 2 N–H and O–H groups in total. The number of anilines is 1. The van der Waals surface area contributed by atoms with Gasteiger partial charge in [-0.2, -0.15) is 0 Å². The minimum atomic E-state index is -2.56. The number of nitrogens with zero attached hydrogens (tertiary/aromatic N) is 1. The molecule has 4 aromatic rings. The Morgan fingerprint density at radius 1 is 1.19 bits per heavy atom. The van der Waals surface area contributed by atoms with Gasteiger partial charge in [0.05, 0.1) is 27.7 Å². The molecule has 0 unspecified atom stereocenters. The van der Waals surface area contributed by atoms with E-state index >= 15 is 0 Å². The number of aliphatic hydroxyl groups excluding tert-OH is 1. The number of aliphatic hydroxyl groups is 1. The summed E-state index contributed by atoms with van der Waals surface area (Å²) in [6, 6.07) is 12.1. The molecule has 2 aromatic carbocycles. The van der Waals surface area contributed by atoms with E-state index < -0.39 is 7.04 Å². The summed E-state index contributed by atoms with van der Waals surface area (Å²) in [5, 5.41) is 13.8. The van der Waals surface area contributed by atoms with Crippen LogP contribution in [0.5, 0.6) is 0 Å². The van der Waals surface area contributed by atoms with Crippen LogP contribution >= 0.6 is 11.3 Å². The molecule has 0 spiro atoms. The van der Waals surface area contributed by atoms with Crippen LogP contribution in [-0.2, 0) is 18.0 Å². The average molecular weight is 438 g/mol. The van der Waals surface area contributed by atoms with Crippen molar-refractivity contribution in [3.05, 3.63) is 69.6 Å². The van der Waals surface area contributed by atoms with Crippen LogP contribution in [0.25, 0.3) is 21.0 Å². The van der Waals surface area contributed by atoms with E-state index in [2.05, 4.69) is 10.3 Å². The molecule has 0 atom stereocenters. The molecule has 6 nitrogen and oxygen atoms in total. The van der Waals surface area contributed by atoms with Gasteiger partial charge in [-0.25, -0.2) is 4.98 Å². The Hall–Kier alpha value is -3.13. The summed E-state index contributed by atoms with van der Waals surface area (Å²) < 4.78 is 27.5. The number of nitrogens with one attached hydrogen (secondary N) is 1. The highest BCUT2D eigenvalue weighted by molar-refractivity contribution is 7.21. The summed E-state index contributed by atoms with van der Waals surface area (Å²) >= 11 is 1.17. The van der Waals surface area contributed by atoms with E-state index in [-0.39, 0.29) is 24.9 Å². The fraction of sp³-hybridized carbons (Fsp3) is 0.208. The first-order chi connectivity index (χ1) is 16.1. The number of amides is 1. The molecule has 0 bridgehead atoms. The van der Waals surface area contributed by atoms with Crippen molar-refractivity contribution >= 4 is 49.8 Å². The molecule has 0 saturated carbocycles. The number of thiophene rings is 1. The zero-order valence-electron chi connectivity index (χ0n) is 20.0. The largest absolute Gasteiger partial charge is 0.392 e. The van der Waals surface area contributed by atoms with Crippen molar-refractivity contribution in [2.75, 3.05) is 12.4 Å². The first-order valence-electron chi connectivity index (χ1n) is 11.1. The number of aromatic nitrogens is 1. The van der Waals surface area contributed by atoms with Gasteiger partial charge < -0.3 is 15.2 Å². The van der Waals surface area contributed by atoms with Gasteiger partial charge in [0.25, 0.3) is 5.91 Å². The van der Waals surface area contributed by atoms with Crippen LogP contribution in [0.1, 0.15) is 47.8 Å². The van der Waals surface area contributed by atoms with Gasteiger partial charge in [-0.15, -0.1) is 11.3 Å². The first kappa shape index (κ1) is 17.5. The van der Waals surface area contributed by atoms with Gasteiger partial charge in [-0.3, -0.25) is 9.59 Å². The number of carbonyl (C=O) groups is 2. The van der Waals surface area contributed by atoms with E-state index in [1.54, 1.807) is 43.3 Å². The number of fused-ring (bicyclic) bond motifs is 2. The second kappa shape index (κ2) is 8.55. The minimum Gasteiger partial charge on any atom is -0.392 e. The molecular weight excluding hydrogens is 412 g/mol. The van der Waals surface area contributed by atoms with E-state index in [0.717, 1.165) is 10.9 Å². The van der Waals surface area contributed by atoms with Crippen molar-refractivity contribution < 1.29 is 23.5 Å². The monoisotopic (exact) mass is 437 g/mol. The van der Waals surface area contributed by atoms with Crippen LogP contribution in [0.15, 0.2) is 42.5 Å². The molecule has 0 saturated heterocycles. The van der Waals surface area contributed by atoms with Crippen molar-refractivity contribution in [3.63, 3.8) is 0 Å². The Bertz CT molecular complexity index is 1430. The van der Waals surface area contributed by atoms with E-state index in [4.69, 9.17) is 8.85 Å². The molecule has 0 aliphatic heterocycles. The third-order valence-electron chi connectivity index (χ3n) is 5.21. The number of Topliss-reactive ketones (excluding diaryl/α,β-unsaturated/α-hetero) is 1. The lowest BCUT2D eigenvalue weighted by atomic mass is 10.0. The highest BCUT2D eigenvalue weighted by Crippen LogP contribution is 2.37. The molecular formula is C24H22N2O4S. The highest BCUT2D eigenvalue weighted by Gasteiger charge is 2.21. The summed E-state index contributed by atoms with van der Waals surface area (Å²) in [7, 11) is -2.56. The highest BCUT2D eigenvalue weighted by atomic mass is 32.1. The van der Waals surface area contributed by atoms with Crippen molar-refractivity contribution in [2.24, 2.45) is 0 Å². The SMILES string of the molecule is [2H]C([2H])([2H])OCc1ccc(C(C)=O)c2sc(C(=O)Nc3ccc4c(CO)cccc4n3)c(C)c12. The number of pyridine rings is 1. The second-order valence-electron chi connectivity index (χ2n) is 7.17. The number of ketones is 1. The quantitative estimate of drug-likeness (QED) is 0.421. The number of aryl methyl sites for hydroxylation is 1. The van der Waals surface area contributed by atoms with E-state index in [1.807, 2.05) is 6.07 Å². The lowest BCUT2D eigenvalue weighted by Crippen LogP contribution is -2.12. The fourth-order valence-electron chi connectivity index (χ4n) is 3.72.